The van der Waals surface area contributed by atoms with E-state index in [0.29, 0.717) is 10.6 Å². The normalized spacial score (nSPS) is 11.6. The van der Waals surface area contributed by atoms with Crippen LogP contribution in [0, 0.1) is 0 Å². The Hall–Kier alpha value is -1.81. The fraction of sp³-hybridized carbons (Fsp3) is 0.333. The first-order chi connectivity index (χ1) is 10.9. The van der Waals surface area contributed by atoms with Crippen molar-refractivity contribution in [3.05, 3.63) is 34.9 Å². The van der Waals surface area contributed by atoms with Crippen molar-refractivity contribution >= 4 is 35.1 Å². The molecule has 0 bridgehead atoms. The minimum absolute atomic E-state index is 0. The smallest absolute Gasteiger partial charge is 0.602 e. The Balaban J connectivity index is 0.00000529. The van der Waals surface area contributed by atoms with Gasteiger partial charge in [0.25, 0.3) is 0 Å². The molecule has 0 saturated heterocycles. The van der Waals surface area contributed by atoms with Gasteiger partial charge in [0.1, 0.15) is 5.78 Å². The number of halogens is 1. The van der Waals surface area contributed by atoms with E-state index in [1.165, 1.54) is 7.11 Å². The van der Waals surface area contributed by atoms with Gasteiger partial charge in [-0.25, -0.2) is 0 Å². The molecular formula is C15H16ClLiN2O5. The first-order valence-electron chi connectivity index (χ1n) is 6.77. The van der Waals surface area contributed by atoms with Gasteiger partial charge in [0.15, 0.2) is 6.08 Å². The maximum absolute atomic E-state index is 11.9. The molecule has 0 amide bonds. The first-order valence-corrected chi connectivity index (χ1v) is 7.15. The summed E-state index contributed by atoms with van der Waals surface area (Å²) in [5.41, 5.74) is 0.876. The van der Waals surface area contributed by atoms with E-state index in [-0.39, 0.29) is 56.0 Å². The van der Waals surface area contributed by atoms with Crippen molar-refractivity contribution in [1.82, 2.24) is 0 Å². The zero-order valence-corrected chi connectivity index (χ0v) is 14.2. The Kier molecular flexibility index (Phi) is 10.8. The second-order valence-corrected chi connectivity index (χ2v) is 5.02. The summed E-state index contributed by atoms with van der Waals surface area (Å²) < 4.78 is 4.37. The van der Waals surface area contributed by atoms with Gasteiger partial charge >= 0.3 is 24.8 Å². The fourth-order valence-electron chi connectivity index (χ4n) is 1.69. The topological polar surface area (TPSA) is 111 Å². The van der Waals surface area contributed by atoms with Crippen LogP contribution in [0.1, 0.15) is 31.2 Å². The minimum atomic E-state index is -0.954. The molecule has 0 fully saturated rings. The molecule has 1 aromatic carbocycles. The molecule has 24 heavy (non-hydrogen) atoms. The van der Waals surface area contributed by atoms with E-state index in [9.17, 15) is 14.7 Å². The molecule has 0 unspecified atom stereocenters. The molecule has 0 aliphatic heterocycles. The third kappa shape index (κ3) is 8.72. The molecule has 0 heterocycles. The van der Waals surface area contributed by atoms with Crippen molar-refractivity contribution in [3.63, 3.8) is 0 Å². The summed E-state index contributed by atoms with van der Waals surface area (Å²) in [6, 6.07) is 6.55. The average molecular weight is 347 g/mol. The second kappa shape index (κ2) is 11.7. The summed E-state index contributed by atoms with van der Waals surface area (Å²) in [5.74, 6) is -1.15. The van der Waals surface area contributed by atoms with E-state index >= 15 is 0 Å². The molecule has 1 rings (SSSR count). The molecule has 0 atom stereocenters. The van der Waals surface area contributed by atoms with Crippen molar-refractivity contribution < 1.29 is 43.4 Å². The molecule has 1 aromatic rings. The van der Waals surface area contributed by atoms with Gasteiger partial charge in [-0.05, 0) is 31.2 Å². The number of ether oxygens (including phenoxy) is 1. The number of carbonyl (C=O) groups is 2. The number of carbonyl (C=O) groups excluding carboxylic acids is 1. The minimum Gasteiger partial charge on any atom is -0.602 e. The van der Waals surface area contributed by atoms with Crippen LogP contribution in [0.25, 0.3) is 0 Å². The summed E-state index contributed by atoms with van der Waals surface area (Å²) in [6.45, 7) is 0. The van der Waals surface area contributed by atoms with Crippen molar-refractivity contribution in [2.75, 3.05) is 7.11 Å². The Morgan fingerprint density at radius 2 is 1.83 bits per heavy atom. The molecule has 1 N–H and O–H groups in total. The predicted octanol–water partition coefficient (Wildman–Crippen LogP) is -1.38. The van der Waals surface area contributed by atoms with Crippen LogP contribution < -0.4 is 24.0 Å². The summed E-state index contributed by atoms with van der Waals surface area (Å²) in [4.78, 5) is 22.4. The Morgan fingerprint density at radius 1 is 1.21 bits per heavy atom. The standard InChI is InChI=1S/C15H17ClN2O5.Li/c1-23-15(22)18-17-13(10-5-7-11(16)8-6-10)9-12(19)3-2-4-14(20)21;/h5-8H,2-4,9H2,1H3,(H,18,22)(H,20,21);/q;+1/p-1/b17-13+;. The molecule has 0 saturated carbocycles. The summed E-state index contributed by atoms with van der Waals surface area (Å²) in [5, 5.41) is 27.3. The molecule has 9 heteroatoms. The van der Waals surface area contributed by atoms with Crippen LogP contribution in [-0.2, 0) is 14.3 Å². The van der Waals surface area contributed by atoms with Crippen molar-refractivity contribution in [2.45, 2.75) is 25.7 Å². The van der Waals surface area contributed by atoms with Crippen LogP contribution in [-0.4, -0.2) is 35.8 Å². The van der Waals surface area contributed by atoms with E-state index in [1.54, 1.807) is 24.3 Å². The number of aliphatic carboxylic acids is 1. The third-order valence-corrected chi connectivity index (χ3v) is 3.07. The number of hydrogen-bond donors (Lipinski definition) is 1. The molecule has 124 valence electrons. The van der Waals surface area contributed by atoms with Crippen LogP contribution in [0.5, 0.6) is 0 Å². The van der Waals surface area contributed by atoms with E-state index in [4.69, 9.17) is 16.7 Å². The number of hydrogen-bond acceptors (Lipinski definition) is 6. The zero-order chi connectivity index (χ0) is 17.2. The maximum atomic E-state index is 11.9. The van der Waals surface area contributed by atoms with Gasteiger partial charge in [-0.2, -0.15) is 5.10 Å². The van der Waals surface area contributed by atoms with Crippen LogP contribution in [0.4, 0.5) is 0 Å². The molecule has 0 aliphatic carbocycles. The van der Waals surface area contributed by atoms with Crippen molar-refractivity contribution in [3.8, 4) is 0 Å². The number of rotatable bonds is 8. The number of nitrogens with zero attached hydrogens (tertiary/aromatic N) is 2. The van der Waals surface area contributed by atoms with Crippen molar-refractivity contribution in [2.24, 2.45) is 10.2 Å². The maximum Gasteiger partial charge on any atom is 1.00 e. The summed E-state index contributed by atoms with van der Waals surface area (Å²) in [7, 11) is 1.17. The Morgan fingerprint density at radius 3 is 2.38 bits per heavy atom. The Labute approximate surface area is 156 Å². The van der Waals surface area contributed by atoms with Gasteiger partial charge in [0, 0.05) is 17.9 Å². The number of carboxylic acid groups (broad SMARTS) is 1. The molecular weight excluding hydrogens is 331 g/mol. The number of Topliss-reactive ketones (excluding diaryl/α,β-unsaturated/α-hetero) is 1. The second-order valence-electron chi connectivity index (χ2n) is 4.59. The monoisotopic (exact) mass is 346 g/mol. The summed E-state index contributed by atoms with van der Waals surface area (Å²) >= 11 is 5.81. The van der Waals surface area contributed by atoms with Gasteiger partial charge in [-0.3, -0.25) is 9.59 Å². The number of methoxy groups -OCH3 is 1. The zero-order valence-electron chi connectivity index (χ0n) is 13.5. The Bertz CT molecular complexity index is 617. The average Bonchev–Trinajstić information content (AvgIpc) is 2.51. The van der Waals surface area contributed by atoms with Gasteiger partial charge in [-0.1, -0.05) is 23.7 Å². The third-order valence-electron chi connectivity index (χ3n) is 2.82. The van der Waals surface area contributed by atoms with Gasteiger partial charge in [0.2, 0.25) is 0 Å². The summed E-state index contributed by atoms with van der Waals surface area (Å²) in [6.07, 6.45) is -0.671. The largest absolute Gasteiger partial charge is 1.00 e. The predicted molar refractivity (Wildman–Crippen MR) is 83.5 cm³/mol. The van der Waals surface area contributed by atoms with Gasteiger partial charge < -0.3 is 14.9 Å². The SMILES string of the molecule is CO/C([O-])=N/N=C(\CC(=O)CCCC(=O)O)c1ccc(Cl)cc1.[Li+]. The van der Waals surface area contributed by atoms with E-state index in [2.05, 4.69) is 14.9 Å². The molecule has 0 aliphatic rings. The van der Waals surface area contributed by atoms with E-state index in [0.717, 1.165) is 0 Å². The van der Waals surface area contributed by atoms with Crippen LogP contribution in [0.15, 0.2) is 34.5 Å². The molecule has 0 spiro atoms. The molecule has 0 aromatic heterocycles. The first kappa shape index (κ1) is 22.2. The number of benzene rings is 1. The van der Waals surface area contributed by atoms with Crippen LogP contribution in [0.2, 0.25) is 5.02 Å². The molecule has 0 radical (unpaired) electrons. The van der Waals surface area contributed by atoms with Crippen LogP contribution >= 0.6 is 11.6 Å². The van der Waals surface area contributed by atoms with Crippen molar-refractivity contribution in [1.29, 1.82) is 0 Å². The number of ketones is 1. The van der Waals surface area contributed by atoms with Gasteiger partial charge in [0.05, 0.1) is 12.1 Å². The molecule has 7 nitrogen and oxygen atoms in total. The van der Waals surface area contributed by atoms with Gasteiger partial charge in [-0.15, -0.1) is 5.10 Å². The fourth-order valence-corrected chi connectivity index (χ4v) is 1.82. The number of carboxylic acids is 1. The van der Waals surface area contributed by atoms with E-state index in [1.807, 2.05) is 0 Å². The quantitative estimate of drug-likeness (QED) is 0.270. The van der Waals surface area contributed by atoms with E-state index < -0.39 is 12.1 Å². The van der Waals surface area contributed by atoms with Crippen LogP contribution in [0.3, 0.4) is 0 Å².